The highest BCUT2D eigenvalue weighted by Crippen LogP contribution is 2.08. The predicted octanol–water partition coefficient (Wildman–Crippen LogP) is 1.67. The van der Waals surface area contributed by atoms with Crippen LogP contribution in [0.2, 0.25) is 0 Å². The molecule has 1 amide bonds. The van der Waals surface area contributed by atoms with Gasteiger partial charge < -0.3 is 14.6 Å². The number of pyridine rings is 1. The van der Waals surface area contributed by atoms with E-state index in [4.69, 9.17) is 4.74 Å². The Balaban J connectivity index is 1.79. The summed E-state index contributed by atoms with van der Waals surface area (Å²) >= 11 is 0. The topological polar surface area (TPSA) is 69.0 Å². The third-order valence-electron chi connectivity index (χ3n) is 3.19. The molecule has 0 atom stereocenters. The largest absolute Gasteiger partial charge is 0.481 e. The maximum Gasteiger partial charge on any atom is 0.251 e. The molecule has 6 nitrogen and oxygen atoms in total. The van der Waals surface area contributed by atoms with Crippen LogP contribution >= 0.6 is 0 Å². The van der Waals surface area contributed by atoms with E-state index in [1.165, 1.54) is 7.11 Å². The number of nitrogens with zero attached hydrogens (tertiary/aromatic N) is 3. The van der Waals surface area contributed by atoms with Crippen LogP contribution in [-0.4, -0.2) is 34.1 Å². The van der Waals surface area contributed by atoms with Gasteiger partial charge in [-0.05, 0) is 12.5 Å². The number of carbonyl (C=O) groups excluding carboxylic acids is 1. The number of hydrogen-bond donors (Lipinski definition) is 1. The molecule has 0 spiro atoms. The van der Waals surface area contributed by atoms with Gasteiger partial charge in [-0.2, -0.15) is 0 Å². The quantitative estimate of drug-likeness (QED) is 0.787. The summed E-state index contributed by atoms with van der Waals surface area (Å²) in [5.41, 5.74) is 0.554. The molecule has 2 rings (SSSR count). The van der Waals surface area contributed by atoms with Crippen molar-refractivity contribution in [2.24, 2.45) is 0 Å². The van der Waals surface area contributed by atoms with Crippen LogP contribution in [0.4, 0.5) is 0 Å². The summed E-state index contributed by atoms with van der Waals surface area (Å²) in [6.45, 7) is 3.55. The molecule has 0 unspecified atom stereocenters. The minimum Gasteiger partial charge on any atom is -0.481 e. The van der Waals surface area contributed by atoms with Gasteiger partial charge in [0.15, 0.2) is 0 Å². The van der Waals surface area contributed by atoms with Crippen LogP contribution in [0.25, 0.3) is 0 Å². The van der Waals surface area contributed by atoms with Crippen LogP contribution < -0.4 is 10.1 Å². The first-order valence-corrected chi connectivity index (χ1v) is 7.03. The van der Waals surface area contributed by atoms with Gasteiger partial charge in [-0.3, -0.25) is 4.79 Å². The Morgan fingerprint density at radius 2 is 2.24 bits per heavy atom. The molecule has 6 heteroatoms. The van der Waals surface area contributed by atoms with Crippen molar-refractivity contribution in [1.82, 2.24) is 19.9 Å². The lowest BCUT2D eigenvalue weighted by Gasteiger charge is -2.08. The van der Waals surface area contributed by atoms with E-state index in [2.05, 4.69) is 26.8 Å². The van der Waals surface area contributed by atoms with Crippen molar-refractivity contribution in [3.8, 4) is 5.88 Å². The van der Waals surface area contributed by atoms with E-state index in [-0.39, 0.29) is 5.91 Å². The second kappa shape index (κ2) is 7.42. The van der Waals surface area contributed by atoms with Gasteiger partial charge in [0.1, 0.15) is 5.82 Å². The molecule has 0 fully saturated rings. The Labute approximate surface area is 124 Å². The first-order chi connectivity index (χ1) is 10.2. The SMILES string of the molecule is CCc1nccn1CCCNC(=O)c1ccnc(OC)c1. The highest BCUT2D eigenvalue weighted by molar-refractivity contribution is 5.94. The van der Waals surface area contributed by atoms with E-state index in [0.29, 0.717) is 18.0 Å². The normalized spacial score (nSPS) is 10.4. The van der Waals surface area contributed by atoms with Gasteiger partial charge in [0, 0.05) is 49.7 Å². The first-order valence-electron chi connectivity index (χ1n) is 7.03. The van der Waals surface area contributed by atoms with E-state index in [1.54, 1.807) is 24.5 Å². The van der Waals surface area contributed by atoms with Gasteiger partial charge in [0.2, 0.25) is 5.88 Å². The Kier molecular flexibility index (Phi) is 5.31. The average Bonchev–Trinajstić information content (AvgIpc) is 2.98. The van der Waals surface area contributed by atoms with E-state index >= 15 is 0 Å². The fraction of sp³-hybridized carbons (Fsp3) is 0.400. The van der Waals surface area contributed by atoms with Crippen molar-refractivity contribution >= 4 is 5.91 Å². The minimum absolute atomic E-state index is 0.114. The van der Waals surface area contributed by atoms with Crippen molar-refractivity contribution in [3.05, 3.63) is 42.1 Å². The molecule has 0 aliphatic carbocycles. The number of hydrogen-bond acceptors (Lipinski definition) is 4. The molecular weight excluding hydrogens is 268 g/mol. The van der Waals surface area contributed by atoms with Crippen LogP contribution in [0.5, 0.6) is 5.88 Å². The van der Waals surface area contributed by atoms with Crippen molar-refractivity contribution in [2.75, 3.05) is 13.7 Å². The predicted molar refractivity (Wildman–Crippen MR) is 79.3 cm³/mol. The van der Waals surface area contributed by atoms with E-state index < -0.39 is 0 Å². The summed E-state index contributed by atoms with van der Waals surface area (Å²) in [7, 11) is 1.53. The van der Waals surface area contributed by atoms with Gasteiger partial charge in [-0.1, -0.05) is 6.92 Å². The van der Waals surface area contributed by atoms with E-state index in [1.807, 2.05) is 6.20 Å². The van der Waals surface area contributed by atoms with Gasteiger partial charge in [0.25, 0.3) is 5.91 Å². The Morgan fingerprint density at radius 3 is 3.00 bits per heavy atom. The van der Waals surface area contributed by atoms with Gasteiger partial charge in [-0.25, -0.2) is 9.97 Å². The molecule has 0 radical (unpaired) electrons. The Morgan fingerprint density at radius 1 is 1.38 bits per heavy atom. The molecule has 2 heterocycles. The molecule has 0 aliphatic heterocycles. The monoisotopic (exact) mass is 288 g/mol. The fourth-order valence-corrected chi connectivity index (χ4v) is 2.07. The molecule has 2 aromatic rings. The van der Waals surface area contributed by atoms with Crippen molar-refractivity contribution in [3.63, 3.8) is 0 Å². The fourth-order valence-electron chi connectivity index (χ4n) is 2.07. The van der Waals surface area contributed by atoms with Gasteiger partial charge >= 0.3 is 0 Å². The number of aryl methyl sites for hydroxylation is 2. The summed E-state index contributed by atoms with van der Waals surface area (Å²) in [6, 6.07) is 3.29. The molecule has 0 aromatic carbocycles. The van der Waals surface area contributed by atoms with E-state index in [9.17, 15) is 4.79 Å². The summed E-state index contributed by atoms with van der Waals surface area (Å²) < 4.78 is 7.12. The molecule has 112 valence electrons. The minimum atomic E-state index is -0.114. The zero-order valence-corrected chi connectivity index (χ0v) is 12.4. The summed E-state index contributed by atoms with van der Waals surface area (Å²) in [5.74, 6) is 1.39. The smallest absolute Gasteiger partial charge is 0.251 e. The second-order valence-electron chi connectivity index (χ2n) is 4.59. The zero-order chi connectivity index (χ0) is 15.1. The molecule has 2 aromatic heterocycles. The van der Waals surface area contributed by atoms with Crippen LogP contribution in [0.3, 0.4) is 0 Å². The third kappa shape index (κ3) is 4.05. The number of ether oxygens (including phenoxy) is 1. The summed E-state index contributed by atoms with van der Waals surface area (Å²) in [6.07, 6.45) is 7.11. The molecule has 1 N–H and O–H groups in total. The lowest BCUT2D eigenvalue weighted by molar-refractivity contribution is 0.0952. The maximum atomic E-state index is 12.0. The highest BCUT2D eigenvalue weighted by atomic mass is 16.5. The molecule has 21 heavy (non-hydrogen) atoms. The van der Waals surface area contributed by atoms with Crippen LogP contribution in [0, 0.1) is 0 Å². The van der Waals surface area contributed by atoms with Crippen LogP contribution in [0.1, 0.15) is 29.5 Å². The van der Waals surface area contributed by atoms with E-state index in [0.717, 1.165) is 25.2 Å². The number of imidazole rings is 1. The Hall–Kier alpha value is -2.37. The van der Waals surface area contributed by atoms with Crippen molar-refractivity contribution < 1.29 is 9.53 Å². The van der Waals surface area contributed by atoms with Crippen LogP contribution in [0.15, 0.2) is 30.7 Å². The number of amides is 1. The summed E-state index contributed by atoms with van der Waals surface area (Å²) in [5, 5.41) is 2.89. The number of nitrogens with one attached hydrogen (secondary N) is 1. The summed E-state index contributed by atoms with van der Waals surface area (Å²) in [4.78, 5) is 20.2. The first kappa shape index (κ1) is 15.0. The molecule has 0 saturated carbocycles. The lowest BCUT2D eigenvalue weighted by Crippen LogP contribution is -2.25. The molecular formula is C15H20N4O2. The molecule has 0 bridgehead atoms. The van der Waals surface area contributed by atoms with Gasteiger partial charge in [0.05, 0.1) is 7.11 Å². The van der Waals surface area contributed by atoms with Crippen LogP contribution in [-0.2, 0) is 13.0 Å². The van der Waals surface area contributed by atoms with Crippen molar-refractivity contribution in [1.29, 1.82) is 0 Å². The number of carbonyl (C=O) groups is 1. The zero-order valence-electron chi connectivity index (χ0n) is 12.4. The standard InChI is InChI=1S/C15H20N4O2/c1-3-13-16-8-10-19(13)9-4-6-18-15(20)12-5-7-17-14(11-12)21-2/h5,7-8,10-11H,3-4,6,9H2,1-2H3,(H,18,20). The number of rotatable bonds is 7. The van der Waals surface area contributed by atoms with Crippen molar-refractivity contribution in [2.45, 2.75) is 26.3 Å². The Bertz CT molecular complexity index is 595. The molecule has 0 aliphatic rings. The molecule has 0 saturated heterocycles. The number of aromatic nitrogens is 3. The lowest BCUT2D eigenvalue weighted by atomic mass is 10.2. The van der Waals surface area contributed by atoms with Gasteiger partial charge in [-0.15, -0.1) is 0 Å². The number of methoxy groups -OCH3 is 1. The second-order valence-corrected chi connectivity index (χ2v) is 4.59. The average molecular weight is 288 g/mol. The maximum absolute atomic E-state index is 12.0. The third-order valence-corrected chi connectivity index (χ3v) is 3.19. The highest BCUT2D eigenvalue weighted by Gasteiger charge is 2.06.